The van der Waals surface area contributed by atoms with Crippen LogP contribution in [-0.4, -0.2) is 29.0 Å². The largest absolute Gasteiger partial charge is 0.493 e. The molecule has 1 unspecified atom stereocenters. The van der Waals surface area contributed by atoms with Crippen molar-refractivity contribution in [3.05, 3.63) is 77.2 Å². The summed E-state index contributed by atoms with van der Waals surface area (Å²) in [5.41, 5.74) is 1.88. The highest BCUT2D eigenvalue weighted by molar-refractivity contribution is 8.05. The van der Waals surface area contributed by atoms with Gasteiger partial charge in [-0.05, 0) is 60.7 Å². The van der Waals surface area contributed by atoms with Crippen LogP contribution in [0.1, 0.15) is 45.1 Å². The van der Waals surface area contributed by atoms with E-state index in [2.05, 4.69) is 47.5 Å². The fraction of sp³-hybridized carbons (Fsp3) is 0.345. The van der Waals surface area contributed by atoms with Crippen molar-refractivity contribution in [3.63, 3.8) is 0 Å². The number of fused-ring (bicyclic) bond motifs is 1. The van der Waals surface area contributed by atoms with Crippen LogP contribution in [0, 0.1) is 5.92 Å². The molecule has 34 heavy (non-hydrogen) atoms. The Labute approximate surface area is 206 Å². The van der Waals surface area contributed by atoms with Gasteiger partial charge in [-0.1, -0.05) is 80.1 Å². The summed E-state index contributed by atoms with van der Waals surface area (Å²) in [6.07, 6.45) is 6.71. The van der Waals surface area contributed by atoms with Gasteiger partial charge >= 0.3 is 0 Å². The number of thioether (sulfide) groups is 1. The van der Waals surface area contributed by atoms with Gasteiger partial charge in [0.1, 0.15) is 5.75 Å². The lowest BCUT2D eigenvalue weighted by molar-refractivity contribution is -0.129. The van der Waals surface area contributed by atoms with Crippen LogP contribution in [0.15, 0.2) is 71.6 Å². The lowest BCUT2D eigenvalue weighted by atomic mass is 9.85. The molecule has 0 bridgehead atoms. The van der Waals surface area contributed by atoms with E-state index >= 15 is 0 Å². The monoisotopic (exact) mass is 472 g/mol. The van der Waals surface area contributed by atoms with E-state index in [1.54, 1.807) is 11.8 Å². The first-order valence-corrected chi connectivity index (χ1v) is 13.2. The molecule has 3 aromatic carbocycles. The quantitative estimate of drug-likeness (QED) is 0.388. The van der Waals surface area contributed by atoms with Gasteiger partial charge < -0.3 is 15.0 Å². The van der Waals surface area contributed by atoms with Gasteiger partial charge in [0, 0.05) is 17.3 Å². The van der Waals surface area contributed by atoms with Crippen LogP contribution in [-0.2, 0) is 4.79 Å². The van der Waals surface area contributed by atoms with Gasteiger partial charge in [-0.3, -0.25) is 4.79 Å². The fourth-order valence-electron chi connectivity index (χ4n) is 5.20. The van der Waals surface area contributed by atoms with E-state index in [9.17, 15) is 4.79 Å². The number of amides is 1. The van der Waals surface area contributed by atoms with Crippen LogP contribution < -0.4 is 10.1 Å². The maximum absolute atomic E-state index is 13.9. The van der Waals surface area contributed by atoms with Crippen LogP contribution in [0.3, 0.4) is 0 Å². The van der Waals surface area contributed by atoms with E-state index in [0.29, 0.717) is 12.5 Å². The minimum Gasteiger partial charge on any atom is -0.493 e. The van der Waals surface area contributed by atoms with Crippen molar-refractivity contribution >= 4 is 40.2 Å². The predicted molar refractivity (Wildman–Crippen MR) is 143 cm³/mol. The van der Waals surface area contributed by atoms with Crippen LogP contribution in [0.2, 0.25) is 0 Å². The summed E-state index contributed by atoms with van der Waals surface area (Å²) in [5.74, 6) is 1.43. The van der Waals surface area contributed by atoms with E-state index in [-0.39, 0.29) is 17.4 Å². The molecule has 5 rings (SSSR count). The second-order valence-electron chi connectivity index (χ2n) is 9.16. The van der Waals surface area contributed by atoms with Crippen molar-refractivity contribution in [1.29, 1.82) is 0 Å². The molecule has 1 N–H and O–H groups in total. The summed E-state index contributed by atoms with van der Waals surface area (Å²) in [6.45, 7) is 4.87. The van der Waals surface area contributed by atoms with E-state index in [1.807, 2.05) is 49.4 Å². The first-order chi connectivity index (χ1) is 16.7. The van der Waals surface area contributed by atoms with Crippen LogP contribution >= 0.6 is 11.8 Å². The summed E-state index contributed by atoms with van der Waals surface area (Å²) >= 11 is 1.62. The number of nitrogens with zero attached hydrogens (tertiary/aromatic N) is 1. The van der Waals surface area contributed by atoms with Crippen molar-refractivity contribution in [2.45, 2.75) is 51.1 Å². The van der Waals surface area contributed by atoms with E-state index < -0.39 is 0 Å². The molecular formula is C29H32N2O2S. The highest BCUT2D eigenvalue weighted by atomic mass is 32.2. The van der Waals surface area contributed by atoms with Gasteiger partial charge in [0.2, 0.25) is 0 Å². The topological polar surface area (TPSA) is 41.6 Å². The summed E-state index contributed by atoms with van der Waals surface area (Å²) in [4.78, 5) is 16.8. The Bertz CT molecular complexity index is 1190. The van der Waals surface area contributed by atoms with Crippen molar-refractivity contribution in [1.82, 2.24) is 4.90 Å². The van der Waals surface area contributed by atoms with Gasteiger partial charge in [-0.15, -0.1) is 0 Å². The molecule has 1 aliphatic carbocycles. The Hall–Kier alpha value is -2.92. The minimum absolute atomic E-state index is 0.118. The number of nitrogens with one attached hydrogen (secondary N) is 1. The molecule has 176 valence electrons. The molecule has 1 saturated carbocycles. The van der Waals surface area contributed by atoms with Crippen molar-refractivity contribution < 1.29 is 9.53 Å². The minimum atomic E-state index is -0.128. The number of carbonyl (C=O) groups is 1. The molecular weight excluding hydrogens is 440 g/mol. The van der Waals surface area contributed by atoms with Gasteiger partial charge in [-0.25, -0.2) is 0 Å². The SMILES string of the molecule is CCOc1ccc2ccccc2c1/C=C1\SC(Nc2ccccc2)N([C@H]2CCCC[C@H]2C)C1=O. The Morgan fingerprint density at radius 3 is 2.59 bits per heavy atom. The smallest absolute Gasteiger partial charge is 0.262 e. The molecule has 2 fully saturated rings. The third kappa shape index (κ3) is 4.54. The molecule has 1 heterocycles. The molecule has 0 spiro atoms. The van der Waals surface area contributed by atoms with Crippen molar-refractivity contribution in [2.24, 2.45) is 5.92 Å². The van der Waals surface area contributed by atoms with Gasteiger partial charge in [0.05, 0.1) is 11.5 Å². The lowest BCUT2D eigenvalue weighted by Crippen LogP contribution is -2.48. The molecule has 4 nitrogen and oxygen atoms in total. The van der Waals surface area contributed by atoms with Crippen LogP contribution in [0.25, 0.3) is 16.8 Å². The summed E-state index contributed by atoms with van der Waals surface area (Å²) in [6, 6.07) is 22.8. The highest BCUT2D eigenvalue weighted by Gasteiger charge is 2.43. The molecule has 1 saturated heterocycles. The van der Waals surface area contributed by atoms with Gasteiger partial charge in [0.25, 0.3) is 5.91 Å². The zero-order valence-corrected chi connectivity index (χ0v) is 20.7. The van der Waals surface area contributed by atoms with Gasteiger partial charge in [0.15, 0.2) is 5.50 Å². The lowest BCUT2D eigenvalue weighted by Gasteiger charge is -2.39. The average molecular weight is 473 g/mol. The number of hydrogen-bond donors (Lipinski definition) is 1. The maximum atomic E-state index is 13.9. The van der Waals surface area contributed by atoms with Crippen molar-refractivity contribution in [3.8, 4) is 5.75 Å². The number of benzene rings is 3. The molecule has 3 aromatic rings. The summed E-state index contributed by atoms with van der Waals surface area (Å²) in [7, 11) is 0. The number of carbonyl (C=O) groups excluding carboxylic acids is 1. The van der Waals surface area contributed by atoms with Crippen LogP contribution in [0.5, 0.6) is 5.75 Å². The Morgan fingerprint density at radius 2 is 1.79 bits per heavy atom. The second kappa shape index (κ2) is 10.1. The number of para-hydroxylation sites is 1. The van der Waals surface area contributed by atoms with E-state index in [4.69, 9.17) is 4.74 Å². The Balaban J connectivity index is 1.56. The number of rotatable bonds is 6. The molecule has 1 aliphatic heterocycles. The zero-order chi connectivity index (χ0) is 23.5. The fourth-order valence-corrected chi connectivity index (χ4v) is 6.40. The normalized spacial score (nSPS) is 24.1. The molecule has 3 atom stereocenters. The Morgan fingerprint density at radius 1 is 1.03 bits per heavy atom. The summed E-state index contributed by atoms with van der Waals surface area (Å²) < 4.78 is 5.98. The third-order valence-electron chi connectivity index (χ3n) is 6.93. The molecule has 0 aromatic heterocycles. The van der Waals surface area contributed by atoms with Gasteiger partial charge in [-0.2, -0.15) is 0 Å². The predicted octanol–water partition coefficient (Wildman–Crippen LogP) is 7.13. The van der Waals surface area contributed by atoms with E-state index in [0.717, 1.165) is 39.1 Å². The number of ether oxygens (including phenoxy) is 1. The molecule has 1 amide bonds. The third-order valence-corrected chi connectivity index (χ3v) is 8.04. The maximum Gasteiger partial charge on any atom is 0.262 e. The Kier molecular flexibility index (Phi) is 6.82. The first kappa shape index (κ1) is 22.9. The summed E-state index contributed by atoms with van der Waals surface area (Å²) in [5, 5.41) is 5.87. The number of anilines is 1. The molecule has 2 aliphatic rings. The molecule has 5 heteroatoms. The standard InChI is InChI=1S/C29H32N2O2S/c1-3-33-26-18-17-21-12-8-9-15-23(21)24(26)19-27-28(32)31(25-16-10-7-11-20(25)2)29(34-27)30-22-13-5-4-6-14-22/h4-6,8-9,12-15,17-20,25,29-30H,3,7,10-11,16H2,1-2H3/b27-19-/t20-,25+,29?/m1/s1. The number of hydrogen-bond acceptors (Lipinski definition) is 4. The highest BCUT2D eigenvalue weighted by Crippen LogP contribution is 2.43. The zero-order valence-electron chi connectivity index (χ0n) is 19.9. The first-order valence-electron chi connectivity index (χ1n) is 12.3. The second-order valence-corrected chi connectivity index (χ2v) is 10.3. The molecule has 0 radical (unpaired) electrons. The van der Waals surface area contributed by atoms with Crippen LogP contribution in [0.4, 0.5) is 5.69 Å². The van der Waals surface area contributed by atoms with E-state index in [1.165, 1.54) is 19.3 Å². The average Bonchev–Trinajstić information content (AvgIpc) is 3.16. The van der Waals surface area contributed by atoms with Crippen molar-refractivity contribution in [2.75, 3.05) is 11.9 Å².